The summed E-state index contributed by atoms with van der Waals surface area (Å²) >= 11 is 1.57. The number of nitrogens with zero attached hydrogens (tertiary/aromatic N) is 6. The van der Waals surface area contributed by atoms with Crippen molar-refractivity contribution >= 4 is 11.8 Å². The highest BCUT2D eigenvalue weighted by Crippen LogP contribution is 2.43. The molecule has 4 aromatic rings. The van der Waals surface area contributed by atoms with Gasteiger partial charge in [-0.15, -0.1) is 20.4 Å². The van der Waals surface area contributed by atoms with Gasteiger partial charge in [0, 0.05) is 29.6 Å². The Morgan fingerprint density at radius 2 is 1.90 bits per heavy atom. The maximum absolute atomic E-state index is 5.93. The highest BCUT2D eigenvalue weighted by atomic mass is 32.2. The van der Waals surface area contributed by atoms with Crippen molar-refractivity contribution < 1.29 is 9.15 Å². The van der Waals surface area contributed by atoms with Crippen LogP contribution in [0.3, 0.4) is 0 Å². The second kappa shape index (κ2) is 7.91. The van der Waals surface area contributed by atoms with Gasteiger partial charge in [0.05, 0.1) is 12.4 Å². The van der Waals surface area contributed by atoms with E-state index in [1.54, 1.807) is 25.1 Å². The zero-order valence-corrected chi connectivity index (χ0v) is 17.4. The average molecular weight is 420 g/mol. The molecule has 5 rings (SSSR count). The van der Waals surface area contributed by atoms with Gasteiger partial charge in [0.1, 0.15) is 5.75 Å². The Bertz CT molecular complexity index is 1140. The fraction of sp³-hybridized carbons (Fsp3) is 0.286. The monoisotopic (exact) mass is 420 g/mol. The average Bonchev–Trinajstić information content (AvgIpc) is 3.34. The fourth-order valence-electron chi connectivity index (χ4n) is 3.17. The smallest absolute Gasteiger partial charge is 0.247 e. The normalized spacial score (nSPS) is 14.6. The van der Waals surface area contributed by atoms with Gasteiger partial charge in [0.2, 0.25) is 11.8 Å². The summed E-state index contributed by atoms with van der Waals surface area (Å²) in [6, 6.07) is 11.9. The third kappa shape index (κ3) is 3.68. The van der Waals surface area contributed by atoms with Crippen LogP contribution >= 0.6 is 11.8 Å². The highest BCUT2D eigenvalue weighted by Gasteiger charge is 2.31. The number of ether oxygens (including phenoxy) is 1. The summed E-state index contributed by atoms with van der Waals surface area (Å²) in [5, 5.41) is 18.1. The molecule has 0 radical (unpaired) electrons. The lowest BCUT2D eigenvalue weighted by atomic mass is 10.2. The number of hydrogen-bond acceptors (Lipinski definition) is 8. The molecule has 9 heteroatoms. The number of benzene rings is 1. The minimum Gasteiger partial charge on any atom is -0.497 e. The number of aromatic nitrogens is 6. The minimum atomic E-state index is -0.0621. The lowest BCUT2D eigenvalue weighted by Gasteiger charge is -2.10. The Morgan fingerprint density at radius 1 is 1.07 bits per heavy atom. The minimum absolute atomic E-state index is 0.0621. The van der Waals surface area contributed by atoms with Gasteiger partial charge in [-0.3, -0.25) is 9.55 Å². The van der Waals surface area contributed by atoms with Crippen LogP contribution in [0, 0.1) is 0 Å². The van der Waals surface area contributed by atoms with Crippen molar-refractivity contribution in [3.05, 3.63) is 54.7 Å². The first-order chi connectivity index (χ1) is 14.7. The number of rotatable bonds is 7. The van der Waals surface area contributed by atoms with E-state index in [1.165, 1.54) is 0 Å². The van der Waals surface area contributed by atoms with Crippen LogP contribution in [0.5, 0.6) is 5.75 Å². The molecule has 3 aromatic heterocycles. The first-order valence-electron chi connectivity index (χ1n) is 9.72. The molecule has 8 nitrogen and oxygen atoms in total. The van der Waals surface area contributed by atoms with Crippen molar-refractivity contribution in [1.29, 1.82) is 0 Å². The summed E-state index contributed by atoms with van der Waals surface area (Å²) in [7, 11) is 1.64. The van der Waals surface area contributed by atoms with Crippen molar-refractivity contribution in [2.24, 2.45) is 0 Å². The van der Waals surface area contributed by atoms with E-state index in [9.17, 15) is 0 Å². The molecule has 0 N–H and O–H groups in total. The van der Waals surface area contributed by atoms with E-state index in [0.29, 0.717) is 17.8 Å². The fourth-order valence-corrected chi connectivity index (χ4v) is 4.12. The summed E-state index contributed by atoms with van der Waals surface area (Å²) in [6.45, 7) is 2.03. The van der Waals surface area contributed by atoms with Gasteiger partial charge in [-0.25, -0.2) is 0 Å². The van der Waals surface area contributed by atoms with Crippen molar-refractivity contribution in [2.75, 3.05) is 7.11 Å². The van der Waals surface area contributed by atoms with Crippen LogP contribution in [-0.2, 0) is 0 Å². The van der Waals surface area contributed by atoms with Crippen LogP contribution < -0.4 is 4.74 Å². The Kier molecular flexibility index (Phi) is 4.96. The first kappa shape index (κ1) is 18.8. The zero-order chi connectivity index (χ0) is 20.5. The molecule has 3 heterocycles. The van der Waals surface area contributed by atoms with E-state index in [1.807, 2.05) is 49.5 Å². The van der Waals surface area contributed by atoms with E-state index < -0.39 is 0 Å². The maximum atomic E-state index is 5.93. The lowest BCUT2D eigenvalue weighted by Crippen LogP contribution is -2.01. The first-order valence-corrected chi connectivity index (χ1v) is 10.6. The SMILES string of the molecule is COc1ccc(-c2nnc([C@H](C)Sc3nnc(-c4cccnc4)n3C3CC3)o2)cc1. The van der Waals surface area contributed by atoms with Crippen LogP contribution in [0.15, 0.2) is 58.4 Å². The molecule has 152 valence electrons. The predicted octanol–water partition coefficient (Wildman–Crippen LogP) is 4.59. The topological polar surface area (TPSA) is 91.8 Å². The lowest BCUT2D eigenvalue weighted by molar-refractivity contribution is 0.415. The van der Waals surface area contributed by atoms with E-state index in [-0.39, 0.29) is 5.25 Å². The summed E-state index contributed by atoms with van der Waals surface area (Å²) in [5.74, 6) is 2.68. The number of pyridine rings is 1. The van der Waals surface area contributed by atoms with Crippen molar-refractivity contribution in [3.63, 3.8) is 0 Å². The van der Waals surface area contributed by atoms with Gasteiger partial charge in [-0.05, 0) is 56.2 Å². The summed E-state index contributed by atoms with van der Waals surface area (Å²) in [4.78, 5) is 4.21. The van der Waals surface area contributed by atoms with Gasteiger partial charge in [-0.2, -0.15) is 0 Å². The zero-order valence-electron chi connectivity index (χ0n) is 16.6. The van der Waals surface area contributed by atoms with Gasteiger partial charge in [0.15, 0.2) is 11.0 Å². The number of methoxy groups -OCH3 is 1. The maximum Gasteiger partial charge on any atom is 0.247 e. The quantitative estimate of drug-likeness (QED) is 0.401. The van der Waals surface area contributed by atoms with Crippen molar-refractivity contribution in [2.45, 2.75) is 36.2 Å². The molecule has 0 unspecified atom stereocenters. The number of thioether (sulfide) groups is 1. The molecule has 1 aromatic carbocycles. The Morgan fingerprint density at radius 3 is 2.60 bits per heavy atom. The Hall–Kier alpha value is -3.20. The molecule has 30 heavy (non-hydrogen) atoms. The third-order valence-electron chi connectivity index (χ3n) is 4.90. The summed E-state index contributed by atoms with van der Waals surface area (Å²) in [6.07, 6.45) is 5.85. The highest BCUT2D eigenvalue weighted by molar-refractivity contribution is 7.99. The van der Waals surface area contributed by atoms with Crippen LogP contribution in [0.1, 0.15) is 36.9 Å². The largest absolute Gasteiger partial charge is 0.497 e. The summed E-state index contributed by atoms with van der Waals surface area (Å²) < 4.78 is 13.3. The Labute approximate surface area is 177 Å². The molecule has 0 spiro atoms. The molecule has 0 bridgehead atoms. The molecule has 1 fully saturated rings. The van der Waals surface area contributed by atoms with Gasteiger partial charge < -0.3 is 9.15 Å². The molecular formula is C21H20N6O2S. The van der Waals surface area contributed by atoms with Crippen LogP contribution in [-0.4, -0.2) is 37.1 Å². The molecule has 1 saturated carbocycles. The van der Waals surface area contributed by atoms with E-state index >= 15 is 0 Å². The molecule has 0 amide bonds. The number of hydrogen-bond donors (Lipinski definition) is 0. The summed E-state index contributed by atoms with van der Waals surface area (Å²) in [5.41, 5.74) is 1.82. The van der Waals surface area contributed by atoms with E-state index in [0.717, 1.165) is 40.7 Å². The van der Waals surface area contributed by atoms with Crippen molar-refractivity contribution in [3.8, 4) is 28.6 Å². The van der Waals surface area contributed by atoms with Gasteiger partial charge in [-0.1, -0.05) is 11.8 Å². The molecule has 0 saturated heterocycles. The van der Waals surface area contributed by atoms with Crippen LogP contribution in [0.4, 0.5) is 0 Å². The molecule has 1 aliphatic carbocycles. The van der Waals surface area contributed by atoms with E-state index in [2.05, 4.69) is 29.9 Å². The van der Waals surface area contributed by atoms with Crippen LogP contribution in [0.2, 0.25) is 0 Å². The molecular weight excluding hydrogens is 400 g/mol. The third-order valence-corrected chi connectivity index (χ3v) is 5.95. The predicted molar refractivity (Wildman–Crippen MR) is 112 cm³/mol. The van der Waals surface area contributed by atoms with E-state index in [4.69, 9.17) is 9.15 Å². The second-order valence-corrected chi connectivity index (χ2v) is 8.39. The Balaban J connectivity index is 1.38. The molecule has 0 aliphatic heterocycles. The molecule has 1 aliphatic rings. The molecule has 1 atom stereocenters. The van der Waals surface area contributed by atoms with Gasteiger partial charge in [0.25, 0.3) is 0 Å². The standard InChI is InChI=1S/C21H20N6O2S/c1-13(19-24-25-20(29-19)14-5-9-17(28-2)10-6-14)30-21-26-23-18(27(21)16-7-8-16)15-4-3-11-22-12-15/h3-6,9-13,16H,7-8H2,1-2H3/t13-/m0/s1. The van der Waals surface area contributed by atoms with Crippen molar-refractivity contribution in [1.82, 2.24) is 29.9 Å². The van der Waals surface area contributed by atoms with Crippen LogP contribution in [0.25, 0.3) is 22.8 Å². The van der Waals surface area contributed by atoms with Gasteiger partial charge >= 0.3 is 0 Å². The second-order valence-electron chi connectivity index (χ2n) is 7.08.